The van der Waals surface area contributed by atoms with Gasteiger partial charge in [-0.3, -0.25) is 0 Å². The van der Waals surface area contributed by atoms with Crippen LogP contribution >= 0.6 is 27.3 Å². The molecule has 0 spiro atoms. The van der Waals surface area contributed by atoms with Gasteiger partial charge < -0.3 is 5.73 Å². The van der Waals surface area contributed by atoms with E-state index in [0.717, 1.165) is 11.0 Å². The molecule has 1 aromatic heterocycles. The molecule has 2 N–H and O–H groups in total. The SMILES string of the molecule is NCC1(c2ccc(-c3cccc(Br)c3)s2)CC1. The first-order chi connectivity index (χ1) is 8.23. The van der Waals surface area contributed by atoms with E-state index in [-0.39, 0.29) is 0 Å². The van der Waals surface area contributed by atoms with Crippen LogP contribution < -0.4 is 5.73 Å². The minimum Gasteiger partial charge on any atom is -0.330 e. The van der Waals surface area contributed by atoms with Gasteiger partial charge in [-0.1, -0.05) is 28.1 Å². The van der Waals surface area contributed by atoms with Crippen molar-refractivity contribution in [3.63, 3.8) is 0 Å². The zero-order chi connectivity index (χ0) is 11.9. The smallest absolute Gasteiger partial charge is 0.0346 e. The number of halogens is 1. The predicted molar refractivity (Wildman–Crippen MR) is 77.4 cm³/mol. The molecule has 1 aliphatic carbocycles. The normalized spacial score (nSPS) is 17.1. The molecule has 2 aromatic rings. The molecule has 1 nitrogen and oxygen atoms in total. The van der Waals surface area contributed by atoms with E-state index in [1.165, 1.54) is 28.2 Å². The molecular weight excluding hydrogens is 294 g/mol. The van der Waals surface area contributed by atoms with Gasteiger partial charge in [0, 0.05) is 26.2 Å². The maximum Gasteiger partial charge on any atom is 0.0346 e. The second kappa shape index (κ2) is 4.23. The molecule has 0 amide bonds. The van der Waals surface area contributed by atoms with Crippen molar-refractivity contribution in [3.8, 4) is 10.4 Å². The molecule has 0 atom stereocenters. The molecule has 88 valence electrons. The highest BCUT2D eigenvalue weighted by molar-refractivity contribution is 9.10. The molecule has 0 radical (unpaired) electrons. The van der Waals surface area contributed by atoms with Crippen molar-refractivity contribution in [2.24, 2.45) is 5.73 Å². The summed E-state index contributed by atoms with van der Waals surface area (Å²) >= 11 is 5.40. The van der Waals surface area contributed by atoms with E-state index in [9.17, 15) is 0 Å². The van der Waals surface area contributed by atoms with E-state index in [1.54, 1.807) is 0 Å². The second-order valence-electron chi connectivity index (χ2n) is 4.66. The number of benzene rings is 1. The van der Waals surface area contributed by atoms with Crippen molar-refractivity contribution >= 4 is 27.3 Å². The summed E-state index contributed by atoms with van der Waals surface area (Å²) in [6.07, 6.45) is 2.50. The molecule has 1 aliphatic rings. The number of thiophene rings is 1. The Morgan fingerprint density at radius 1 is 1.24 bits per heavy atom. The molecule has 1 saturated carbocycles. The monoisotopic (exact) mass is 307 g/mol. The fraction of sp³-hybridized carbons (Fsp3) is 0.286. The van der Waals surface area contributed by atoms with E-state index >= 15 is 0 Å². The van der Waals surface area contributed by atoms with Gasteiger partial charge in [0.15, 0.2) is 0 Å². The third-order valence-corrected chi connectivity index (χ3v) is 5.36. The Kier molecular flexibility index (Phi) is 2.85. The molecule has 3 heteroatoms. The van der Waals surface area contributed by atoms with Crippen LogP contribution in [0.4, 0.5) is 0 Å². The topological polar surface area (TPSA) is 26.0 Å². The zero-order valence-corrected chi connectivity index (χ0v) is 11.9. The van der Waals surface area contributed by atoms with Crippen molar-refractivity contribution < 1.29 is 0 Å². The van der Waals surface area contributed by atoms with Gasteiger partial charge in [-0.05, 0) is 42.7 Å². The third-order valence-electron chi connectivity index (χ3n) is 3.48. The Balaban J connectivity index is 1.95. The number of nitrogens with two attached hydrogens (primary N) is 1. The summed E-state index contributed by atoms with van der Waals surface area (Å²) in [5.74, 6) is 0. The Morgan fingerprint density at radius 2 is 2.06 bits per heavy atom. The van der Waals surface area contributed by atoms with Crippen molar-refractivity contribution in [1.82, 2.24) is 0 Å². The summed E-state index contributed by atoms with van der Waals surface area (Å²) in [7, 11) is 0. The molecule has 0 unspecified atom stereocenters. The van der Waals surface area contributed by atoms with Gasteiger partial charge >= 0.3 is 0 Å². The van der Waals surface area contributed by atoms with Crippen LogP contribution in [0.2, 0.25) is 0 Å². The van der Waals surface area contributed by atoms with Crippen molar-refractivity contribution in [2.45, 2.75) is 18.3 Å². The molecule has 1 heterocycles. The highest BCUT2D eigenvalue weighted by Gasteiger charge is 2.43. The lowest BCUT2D eigenvalue weighted by atomic mass is 10.1. The summed E-state index contributed by atoms with van der Waals surface area (Å²) in [6.45, 7) is 0.783. The Morgan fingerprint density at radius 3 is 2.71 bits per heavy atom. The predicted octanol–water partition coefficient (Wildman–Crippen LogP) is 4.17. The first-order valence-corrected chi connectivity index (χ1v) is 7.41. The van der Waals surface area contributed by atoms with Crippen LogP contribution in [-0.2, 0) is 5.41 Å². The summed E-state index contributed by atoms with van der Waals surface area (Å²) < 4.78 is 1.13. The summed E-state index contributed by atoms with van der Waals surface area (Å²) in [6, 6.07) is 12.9. The average Bonchev–Trinajstić information content (AvgIpc) is 2.99. The van der Waals surface area contributed by atoms with Crippen LogP contribution in [0.25, 0.3) is 10.4 Å². The minimum atomic E-state index is 0.314. The lowest BCUT2D eigenvalue weighted by Gasteiger charge is -2.08. The summed E-state index contributed by atoms with van der Waals surface area (Å²) in [5.41, 5.74) is 7.47. The Labute approximate surface area is 114 Å². The van der Waals surface area contributed by atoms with Gasteiger partial charge in [-0.2, -0.15) is 0 Å². The van der Waals surface area contributed by atoms with E-state index in [0.29, 0.717) is 5.41 Å². The molecule has 0 bridgehead atoms. The van der Waals surface area contributed by atoms with E-state index in [4.69, 9.17) is 5.73 Å². The Bertz CT molecular complexity index is 543. The highest BCUT2D eigenvalue weighted by Crippen LogP contribution is 2.50. The highest BCUT2D eigenvalue weighted by atomic mass is 79.9. The molecule has 3 rings (SSSR count). The van der Waals surface area contributed by atoms with Crippen molar-refractivity contribution in [3.05, 3.63) is 45.7 Å². The first kappa shape index (κ1) is 11.5. The molecular formula is C14H14BrNS. The van der Waals surface area contributed by atoms with Crippen LogP contribution in [0.15, 0.2) is 40.9 Å². The quantitative estimate of drug-likeness (QED) is 0.905. The largest absolute Gasteiger partial charge is 0.330 e. The molecule has 0 saturated heterocycles. The summed E-state index contributed by atoms with van der Waals surface area (Å²) in [4.78, 5) is 2.79. The van der Waals surface area contributed by atoms with Gasteiger partial charge in [0.05, 0.1) is 0 Å². The molecule has 0 aliphatic heterocycles. The zero-order valence-electron chi connectivity index (χ0n) is 9.45. The average molecular weight is 308 g/mol. The third kappa shape index (κ3) is 2.07. The summed E-state index contributed by atoms with van der Waals surface area (Å²) in [5, 5.41) is 0. The fourth-order valence-corrected chi connectivity index (χ4v) is 3.78. The maximum atomic E-state index is 5.87. The molecule has 17 heavy (non-hydrogen) atoms. The standard InChI is InChI=1S/C14H14BrNS/c15-11-3-1-2-10(8-11)12-4-5-13(17-12)14(9-16)6-7-14/h1-5,8H,6-7,9,16H2. The lowest BCUT2D eigenvalue weighted by molar-refractivity contribution is 0.720. The molecule has 1 aromatic carbocycles. The van der Waals surface area contributed by atoms with E-state index in [2.05, 4.69) is 52.3 Å². The maximum absolute atomic E-state index is 5.87. The number of hydrogen-bond donors (Lipinski definition) is 1. The first-order valence-electron chi connectivity index (χ1n) is 5.80. The van der Waals surface area contributed by atoms with Crippen LogP contribution in [0.3, 0.4) is 0 Å². The van der Waals surface area contributed by atoms with E-state index < -0.39 is 0 Å². The number of hydrogen-bond acceptors (Lipinski definition) is 2. The van der Waals surface area contributed by atoms with Crippen LogP contribution in [0.1, 0.15) is 17.7 Å². The van der Waals surface area contributed by atoms with Gasteiger partial charge in [-0.15, -0.1) is 11.3 Å². The van der Waals surface area contributed by atoms with Crippen LogP contribution in [-0.4, -0.2) is 6.54 Å². The van der Waals surface area contributed by atoms with Crippen molar-refractivity contribution in [2.75, 3.05) is 6.54 Å². The Hall–Kier alpha value is -0.640. The fourth-order valence-electron chi connectivity index (χ4n) is 2.12. The van der Waals surface area contributed by atoms with Gasteiger partial charge in [0.1, 0.15) is 0 Å². The number of rotatable bonds is 3. The van der Waals surface area contributed by atoms with E-state index in [1.807, 2.05) is 11.3 Å². The van der Waals surface area contributed by atoms with Gasteiger partial charge in [0.2, 0.25) is 0 Å². The molecule has 1 fully saturated rings. The van der Waals surface area contributed by atoms with Gasteiger partial charge in [0.25, 0.3) is 0 Å². The minimum absolute atomic E-state index is 0.314. The van der Waals surface area contributed by atoms with Crippen molar-refractivity contribution in [1.29, 1.82) is 0 Å². The lowest BCUT2D eigenvalue weighted by Crippen LogP contribution is -2.18. The second-order valence-corrected chi connectivity index (χ2v) is 6.66. The van der Waals surface area contributed by atoms with Crippen LogP contribution in [0, 0.1) is 0 Å². The van der Waals surface area contributed by atoms with Gasteiger partial charge in [-0.25, -0.2) is 0 Å². The van der Waals surface area contributed by atoms with Crippen LogP contribution in [0.5, 0.6) is 0 Å².